The zero-order chi connectivity index (χ0) is 16.5. The molecule has 1 heterocycles. The van der Waals surface area contributed by atoms with Crippen LogP contribution in [0.5, 0.6) is 5.75 Å². The van der Waals surface area contributed by atoms with Crippen LogP contribution in [-0.2, 0) is 0 Å². The number of hydrogen-bond donors (Lipinski definition) is 3. The van der Waals surface area contributed by atoms with E-state index in [1.54, 1.807) is 12.3 Å². The van der Waals surface area contributed by atoms with E-state index < -0.39 is 0 Å². The Morgan fingerprint density at radius 1 is 1.43 bits per heavy atom. The summed E-state index contributed by atoms with van der Waals surface area (Å²) in [6.07, 6.45) is 8.56. The Bertz CT molecular complexity index is 486. The molecular formula is C17H27N3O3. The van der Waals surface area contributed by atoms with Crippen LogP contribution in [0.15, 0.2) is 18.3 Å². The SMILES string of the molecule is CCC(CO)NC(=O)Nc1ncccc1OCC1CCCCC1. The molecule has 1 fully saturated rings. The van der Waals surface area contributed by atoms with E-state index in [2.05, 4.69) is 15.6 Å². The van der Waals surface area contributed by atoms with Crippen LogP contribution < -0.4 is 15.4 Å². The van der Waals surface area contributed by atoms with E-state index in [1.165, 1.54) is 32.1 Å². The standard InChI is InChI=1S/C17H27N3O3/c1-2-14(11-21)19-17(22)20-16-15(9-6-10-18-16)23-12-13-7-4-3-5-8-13/h6,9-10,13-14,21H,2-5,7-8,11-12H2,1H3,(H2,18,19,20,22). The largest absolute Gasteiger partial charge is 0.489 e. The minimum absolute atomic E-state index is 0.0861. The normalized spacial score (nSPS) is 16.6. The van der Waals surface area contributed by atoms with Crippen molar-refractivity contribution < 1.29 is 14.6 Å². The number of aliphatic hydroxyl groups excluding tert-OH is 1. The number of nitrogens with one attached hydrogen (secondary N) is 2. The van der Waals surface area contributed by atoms with Gasteiger partial charge in [0.2, 0.25) is 0 Å². The van der Waals surface area contributed by atoms with Gasteiger partial charge in [-0.25, -0.2) is 9.78 Å². The first-order chi connectivity index (χ1) is 11.2. The van der Waals surface area contributed by atoms with Crippen LogP contribution in [0, 0.1) is 5.92 Å². The molecule has 6 nitrogen and oxygen atoms in total. The Kier molecular flexibility index (Phi) is 7.13. The molecule has 1 aliphatic carbocycles. The fraction of sp³-hybridized carbons (Fsp3) is 0.647. The molecule has 3 N–H and O–H groups in total. The molecule has 1 aliphatic rings. The second kappa shape index (κ2) is 9.35. The minimum Gasteiger partial charge on any atom is -0.489 e. The molecular weight excluding hydrogens is 294 g/mol. The number of carbonyl (C=O) groups excluding carboxylic acids is 1. The Hall–Kier alpha value is -1.82. The van der Waals surface area contributed by atoms with Gasteiger partial charge >= 0.3 is 6.03 Å². The van der Waals surface area contributed by atoms with Gasteiger partial charge < -0.3 is 15.2 Å². The zero-order valence-electron chi connectivity index (χ0n) is 13.8. The van der Waals surface area contributed by atoms with E-state index in [1.807, 2.05) is 13.0 Å². The minimum atomic E-state index is -0.382. The molecule has 0 aliphatic heterocycles. The molecule has 2 amide bonds. The number of nitrogens with zero attached hydrogens (tertiary/aromatic N) is 1. The Labute approximate surface area is 137 Å². The second-order valence-electron chi connectivity index (χ2n) is 6.05. The predicted molar refractivity (Wildman–Crippen MR) is 89.6 cm³/mol. The van der Waals surface area contributed by atoms with Gasteiger partial charge in [-0.05, 0) is 37.3 Å². The Morgan fingerprint density at radius 2 is 2.22 bits per heavy atom. The molecule has 1 atom stereocenters. The molecule has 1 aromatic heterocycles. The van der Waals surface area contributed by atoms with Gasteiger partial charge in [0.1, 0.15) is 0 Å². The molecule has 1 unspecified atom stereocenters. The maximum absolute atomic E-state index is 12.0. The smallest absolute Gasteiger partial charge is 0.320 e. The number of urea groups is 1. The van der Waals surface area contributed by atoms with Crippen LogP contribution in [0.3, 0.4) is 0 Å². The first-order valence-corrected chi connectivity index (χ1v) is 8.49. The van der Waals surface area contributed by atoms with Crippen molar-refractivity contribution in [1.29, 1.82) is 0 Å². The van der Waals surface area contributed by atoms with Crippen LogP contribution in [0.2, 0.25) is 0 Å². The lowest BCUT2D eigenvalue weighted by atomic mass is 9.90. The lowest BCUT2D eigenvalue weighted by Crippen LogP contribution is -2.39. The third-order valence-corrected chi connectivity index (χ3v) is 4.25. The summed E-state index contributed by atoms with van der Waals surface area (Å²) >= 11 is 0. The molecule has 0 saturated heterocycles. The summed E-state index contributed by atoms with van der Waals surface area (Å²) in [7, 11) is 0. The highest BCUT2D eigenvalue weighted by molar-refractivity contribution is 5.89. The summed E-state index contributed by atoms with van der Waals surface area (Å²) in [5.41, 5.74) is 0. The summed E-state index contributed by atoms with van der Waals surface area (Å²) in [5.74, 6) is 1.59. The van der Waals surface area contributed by atoms with Gasteiger partial charge in [-0.1, -0.05) is 26.2 Å². The van der Waals surface area contributed by atoms with Gasteiger partial charge in [0.05, 0.1) is 19.3 Å². The summed E-state index contributed by atoms with van der Waals surface area (Å²) in [5, 5.41) is 14.5. The maximum atomic E-state index is 12.0. The van der Waals surface area contributed by atoms with Crippen LogP contribution in [-0.4, -0.2) is 35.4 Å². The predicted octanol–water partition coefficient (Wildman–Crippen LogP) is 2.93. The van der Waals surface area contributed by atoms with Crippen LogP contribution in [0.4, 0.5) is 10.6 Å². The average Bonchev–Trinajstić information content (AvgIpc) is 2.60. The number of carbonyl (C=O) groups is 1. The molecule has 1 saturated carbocycles. The Morgan fingerprint density at radius 3 is 2.91 bits per heavy atom. The summed E-state index contributed by atoms with van der Waals surface area (Å²) in [4.78, 5) is 16.2. The number of rotatable bonds is 7. The molecule has 128 valence electrons. The maximum Gasteiger partial charge on any atom is 0.320 e. The summed E-state index contributed by atoms with van der Waals surface area (Å²) in [6, 6.07) is 2.97. The molecule has 2 rings (SSSR count). The first-order valence-electron chi connectivity index (χ1n) is 8.49. The highest BCUT2D eigenvalue weighted by atomic mass is 16.5. The number of aliphatic hydroxyl groups is 1. The number of amides is 2. The zero-order valence-corrected chi connectivity index (χ0v) is 13.8. The van der Waals surface area contributed by atoms with Crippen molar-refractivity contribution in [3.63, 3.8) is 0 Å². The molecule has 6 heteroatoms. The van der Waals surface area contributed by atoms with Gasteiger partial charge in [0.15, 0.2) is 11.6 Å². The third-order valence-electron chi connectivity index (χ3n) is 4.25. The van der Waals surface area contributed by atoms with Crippen molar-refractivity contribution in [2.45, 2.75) is 51.5 Å². The average molecular weight is 321 g/mol. The van der Waals surface area contributed by atoms with Crippen molar-refractivity contribution in [2.24, 2.45) is 5.92 Å². The molecule has 0 radical (unpaired) electrons. The number of aromatic nitrogens is 1. The van der Waals surface area contributed by atoms with Crippen LogP contribution >= 0.6 is 0 Å². The van der Waals surface area contributed by atoms with Crippen molar-refractivity contribution in [1.82, 2.24) is 10.3 Å². The fourth-order valence-corrected chi connectivity index (χ4v) is 2.77. The van der Waals surface area contributed by atoms with Crippen molar-refractivity contribution in [3.05, 3.63) is 18.3 Å². The quantitative estimate of drug-likeness (QED) is 0.721. The van der Waals surface area contributed by atoms with Crippen molar-refractivity contribution >= 4 is 11.8 Å². The first kappa shape index (κ1) is 17.5. The van der Waals surface area contributed by atoms with E-state index >= 15 is 0 Å². The topological polar surface area (TPSA) is 83.5 Å². The fourth-order valence-electron chi connectivity index (χ4n) is 2.77. The number of anilines is 1. The molecule has 0 bridgehead atoms. The van der Waals surface area contributed by atoms with Crippen molar-refractivity contribution in [3.8, 4) is 5.75 Å². The number of pyridine rings is 1. The lowest BCUT2D eigenvalue weighted by molar-refractivity contribution is 0.208. The highest BCUT2D eigenvalue weighted by Crippen LogP contribution is 2.26. The second-order valence-corrected chi connectivity index (χ2v) is 6.05. The molecule has 23 heavy (non-hydrogen) atoms. The van der Waals surface area contributed by atoms with E-state index in [4.69, 9.17) is 9.84 Å². The number of hydrogen-bond acceptors (Lipinski definition) is 4. The monoisotopic (exact) mass is 321 g/mol. The van der Waals surface area contributed by atoms with E-state index in [0.29, 0.717) is 30.5 Å². The molecule has 1 aromatic rings. The molecule has 0 aromatic carbocycles. The van der Waals surface area contributed by atoms with Gasteiger partial charge in [0, 0.05) is 6.20 Å². The summed E-state index contributed by atoms with van der Waals surface area (Å²) in [6.45, 7) is 2.48. The third kappa shape index (κ3) is 5.71. The van der Waals surface area contributed by atoms with Gasteiger partial charge in [-0.15, -0.1) is 0 Å². The molecule has 0 spiro atoms. The lowest BCUT2D eigenvalue weighted by Gasteiger charge is -2.22. The van der Waals surface area contributed by atoms with E-state index in [0.717, 1.165) is 0 Å². The van der Waals surface area contributed by atoms with E-state index in [-0.39, 0.29) is 18.7 Å². The van der Waals surface area contributed by atoms with Gasteiger partial charge in [-0.3, -0.25) is 5.32 Å². The van der Waals surface area contributed by atoms with Gasteiger partial charge in [0.25, 0.3) is 0 Å². The van der Waals surface area contributed by atoms with E-state index in [9.17, 15) is 4.79 Å². The van der Waals surface area contributed by atoms with Crippen LogP contribution in [0.1, 0.15) is 45.4 Å². The van der Waals surface area contributed by atoms with Gasteiger partial charge in [-0.2, -0.15) is 0 Å². The van der Waals surface area contributed by atoms with Crippen LogP contribution in [0.25, 0.3) is 0 Å². The number of ether oxygens (including phenoxy) is 1. The Balaban J connectivity index is 1.90. The van der Waals surface area contributed by atoms with Crippen molar-refractivity contribution in [2.75, 3.05) is 18.5 Å². The highest BCUT2D eigenvalue weighted by Gasteiger charge is 2.16. The summed E-state index contributed by atoms with van der Waals surface area (Å²) < 4.78 is 5.88.